The number of nitrogens with one attached hydrogen (secondary N) is 2. The third-order valence-corrected chi connectivity index (χ3v) is 4.38. The van der Waals surface area contributed by atoms with Gasteiger partial charge in [0.15, 0.2) is 0 Å². The smallest absolute Gasteiger partial charge is 0.251 e. The van der Waals surface area contributed by atoms with Crippen LogP contribution < -0.4 is 20.5 Å². The Labute approximate surface area is 139 Å². The van der Waals surface area contributed by atoms with Gasteiger partial charge in [0.1, 0.15) is 11.7 Å². The first-order valence-corrected chi connectivity index (χ1v) is 7.85. The van der Waals surface area contributed by atoms with Gasteiger partial charge in [0.05, 0.1) is 12.8 Å². The summed E-state index contributed by atoms with van der Waals surface area (Å²) in [5, 5.41) is 0. The summed E-state index contributed by atoms with van der Waals surface area (Å²) in [6.07, 6.45) is -0.0909. The van der Waals surface area contributed by atoms with Crippen LogP contribution in [0.15, 0.2) is 24.3 Å². The first-order valence-electron chi connectivity index (χ1n) is 7.85. The average molecular weight is 332 g/mol. The highest BCUT2D eigenvalue weighted by Crippen LogP contribution is 2.28. The Morgan fingerprint density at radius 1 is 1.12 bits per heavy atom. The van der Waals surface area contributed by atoms with Crippen molar-refractivity contribution in [2.24, 2.45) is 5.92 Å². The molecule has 2 fully saturated rings. The van der Waals surface area contributed by atoms with Crippen molar-refractivity contribution in [1.82, 2.24) is 15.8 Å². The molecule has 1 aromatic rings. The number of ether oxygens (including phenoxy) is 1. The summed E-state index contributed by atoms with van der Waals surface area (Å²) in [5.74, 6) is -1.18. The molecule has 8 heteroatoms. The number of amides is 3. The lowest BCUT2D eigenvalue weighted by atomic mass is 10.0. The predicted octanol–water partition coefficient (Wildman–Crippen LogP) is -0.489. The highest BCUT2D eigenvalue weighted by Gasteiger charge is 2.36. The number of rotatable bonds is 4. The molecule has 2 N–H and O–H groups in total. The van der Waals surface area contributed by atoms with Crippen LogP contribution in [0.3, 0.4) is 0 Å². The topological polar surface area (TPSA) is 91.0 Å². The Morgan fingerprint density at radius 2 is 1.75 bits per heavy atom. The van der Waals surface area contributed by atoms with Crippen molar-refractivity contribution < 1.29 is 19.1 Å². The first-order chi connectivity index (χ1) is 11.6. The minimum absolute atomic E-state index is 0.0909. The molecule has 2 aliphatic rings. The third-order valence-electron chi connectivity index (χ3n) is 4.38. The fraction of sp³-hybridized carbons (Fsp3) is 0.438. The molecule has 8 nitrogen and oxygen atoms in total. The maximum Gasteiger partial charge on any atom is 0.251 e. The fourth-order valence-corrected chi connectivity index (χ4v) is 2.99. The van der Waals surface area contributed by atoms with Crippen molar-refractivity contribution in [3.05, 3.63) is 24.3 Å². The molecule has 2 aliphatic heterocycles. The Bertz CT molecular complexity index is 639. The van der Waals surface area contributed by atoms with Gasteiger partial charge in [-0.25, -0.2) is 0 Å². The van der Waals surface area contributed by atoms with E-state index in [9.17, 15) is 14.4 Å². The lowest BCUT2D eigenvalue weighted by Crippen LogP contribution is -2.49. The summed E-state index contributed by atoms with van der Waals surface area (Å²) < 4.78 is 5.37. The zero-order valence-electron chi connectivity index (χ0n) is 13.4. The van der Waals surface area contributed by atoms with Crippen LogP contribution in [0.1, 0.15) is 6.42 Å². The van der Waals surface area contributed by atoms with Gasteiger partial charge in [0.2, 0.25) is 5.91 Å². The van der Waals surface area contributed by atoms with Crippen LogP contribution in [0.25, 0.3) is 0 Å². The number of benzene rings is 1. The molecule has 3 amide bonds. The molecule has 0 unspecified atom stereocenters. The van der Waals surface area contributed by atoms with Crippen LogP contribution >= 0.6 is 0 Å². The van der Waals surface area contributed by atoms with E-state index in [0.717, 1.165) is 11.4 Å². The van der Waals surface area contributed by atoms with Gasteiger partial charge in [-0.1, -0.05) is 12.1 Å². The van der Waals surface area contributed by atoms with E-state index in [0.29, 0.717) is 26.2 Å². The summed E-state index contributed by atoms with van der Waals surface area (Å²) >= 11 is 0. The second-order valence-corrected chi connectivity index (χ2v) is 5.77. The average Bonchev–Trinajstić information content (AvgIpc) is 2.93. The Morgan fingerprint density at radius 3 is 2.38 bits per heavy atom. The number of carbonyl (C=O) groups is 3. The molecular weight excluding hydrogens is 312 g/mol. The van der Waals surface area contributed by atoms with E-state index >= 15 is 0 Å². The summed E-state index contributed by atoms with van der Waals surface area (Å²) in [6, 6.07) is 7.76. The van der Waals surface area contributed by atoms with Gasteiger partial charge in [0, 0.05) is 32.6 Å². The van der Waals surface area contributed by atoms with Crippen molar-refractivity contribution in [2.75, 3.05) is 38.2 Å². The van der Waals surface area contributed by atoms with Crippen LogP contribution in [0.4, 0.5) is 5.69 Å². The number of hydrogen-bond donors (Lipinski definition) is 2. The molecule has 0 spiro atoms. The zero-order chi connectivity index (χ0) is 17.1. The third kappa shape index (κ3) is 3.12. The number of methoxy groups -OCH3 is 1. The number of hydrogen-bond acceptors (Lipinski definition) is 5. The van der Waals surface area contributed by atoms with Crippen molar-refractivity contribution in [3.8, 4) is 5.75 Å². The largest absolute Gasteiger partial charge is 0.495 e. The molecule has 0 aromatic heterocycles. The summed E-state index contributed by atoms with van der Waals surface area (Å²) in [6.45, 7) is 2.45. The number of carbonyl (C=O) groups excluding carboxylic acids is 3. The second-order valence-electron chi connectivity index (χ2n) is 5.77. The normalized spacial score (nSPS) is 18.4. The number of nitrogens with zero attached hydrogens (tertiary/aromatic N) is 2. The van der Waals surface area contributed by atoms with Crippen molar-refractivity contribution in [3.63, 3.8) is 0 Å². The molecule has 2 saturated heterocycles. The molecule has 1 aromatic carbocycles. The summed E-state index contributed by atoms with van der Waals surface area (Å²) in [5.41, 5.74) is 5.48. The molecule has 2 heterocycles. The van der Waals surface area contributed by atoms with E-state index in [4.69, 9.17) is 4.74 Å². The van der Waals surface area contributed by atoms with Gasteiger partial charge in [-0.05, 0) is 12.1 Å². The van der Waals surface area contributed by atoms with E-state index in [1.165, 1.54) is 0 Å². The van der Waals surface area contributed by atoms with E-state index in [1.807, 2.05) is 24.3 Å². The Hall–Kier alpha value is -2.77. The lowest BCUT2D eigenvalue weighted by Gasteiger charge is -2.36. The molecule has 0 saturated carbocycles. The summed E-state index contributed by atoms with van der Waals surface area (Å²) in [7, 11) is 1.64. The van der Waals surface area contributed by atoms with Crippen LogP contribution in [0.2, 0.25) is 0 Å². The summed E-state index contributed by atoms with van der Waals surface area (Å²) in [4.78, 5) is 39.2. The first kappa shape index (κ1) is 16.1. The molecule has 3 rings (SSSR count). The maximum atomic E-state index is 12.3. The predicted molar refractivity (Wildman–Crippen MR) is 86.2 cm³/mol. The quantitative estimate of drug-likeness (QED) is 0.726. The van der Waals surface area contributed by atoms with Gasteiger partial charge < -0.3 is 14.5 Å². The minimum Gasteiger partial charge on any atom is -0.495 e. The minimum atomic E-state index is -0.926. The van der Waals surface area contributed by atoms with Crippen LogP contribution in [0, 0.1) is 5.92 Å². The zero-order valence-corrected chi connectivity index (χ0v) is 13.4. The van der Waals surface area contributed by atoms with Gasteiger partial charge in [0.25, 0.3) is 11.8 Å². The second kappa shape index (κ2) is 6.77. The molecule has 0 radical (unpaired) electrons. The van der Waals surface area contributed by atoms with Gasteiger partial charge in [-0.2, -0.15) is 0 Å². The maximum absolute atomic E-state index is 12.3. The van der Waals surface area contributed by atoms with E-state index < -0.39 is 17.7 Å². The molecular formula is C16H20N4O4. The van der Waals surface area contributed by atoms with Gasteiger partial charge in [-0.15, -0.1) is 0 Å². The monoisotopic (exact) mass is 332 g/mol. The molecule has 0 aliphatic carbocycles. The van der Waals surface area contributed by atoms with Crippen molar-refractivity contribution in [2.45, 2.75) is 6.42 Å². The van der Waals surface area contributed by atoms with Crippen LogP contribution in [-0.2, 0) is 14.4 Å². The Balaban J connectivity index is 1.58. The lowest BCUT2D eigenvalue weighted by molar-refractivity contribution is -0.138. The highest BCUT2D eigenvalue weighted by molar-refractivity contribution is 6.07. The standard InChI is InChI=1S/C16H20N4O4/c1-24-13-5-3-2-4-12(13)19-6-8-20(9-7-19)14(21)10-11-15(22)17-18-16(11)23/h2-5,11H,6-10H2,1H3,(H,17,22)(H,18,23). The van der Waals surface area contributed by atoms with Crippen molar-refractivity contribution >= 4 is 23.4 Å². The number of para-hydroxylation sites is 2. The molecule has 24 heavy (non-hydrogen) atoms. The van der Waals surface area contributed by atoms with E-state index in [-0.39, 0.29) is 12.3 Å². The van der Waals surface area contributed by atoms with E-state index in [1.54, 1.807) is 12.0 Å². The van der Waals surface area contributed by atoms with Crippen LogP contribution in [0.5, 0.6) is 5.75 Å². The Kier molecular flexibility index (Phi) is 4.54. The van der Waals surface area contributed by atoms with E-state index in [2.05, 4.69) is 15.8 Å². The van der Waals surface area contributed by atoms with Gasteiger partial charge >= 0.3 is 0 Å². The van der Waals surface area contributed by atoms with Crippen LogP contribution in [-0.4, -0.2) is 55.9 Å². The highest BCUT2D eigenvalue weighted by atomic mass is 16.5. The molecule has 0 bridgehead atoms. The number of hydrazine groups is 1. The number of piperazine rings is 1. The number of anilines is 1. The SMILES string of the molecule is COc1ccccc1N1CCN(C(=O)CC2C(=O)NNC2=O)CC1. The van der Waals surface area contributed by atoms with Gasteiger partial charge in [-0.3, -0.25) is 25.2 Å². The van der Waals surface area contributed by atoms with Crippen molar-refractivity contribution in [1.29, 1.82) is 0 Å². The molecule has 0 atom stereocenters. The molecule has 128 valence electrons. The fourth-order valence-electron chi connectivity index (χ4n) is 2.99.